The summed E-state index contributed by atoms with van der Waals surface area (Å²) in [5, 5.41) is 0. The molecule has 21 heavy (non-hydrogen) atoms. The highest BCUT2D eigenvalue weighted by Gasteiger charge is 2.53. The van der Waals surface area contributed by atoms with Crippen molar-refractivity contribution in [2.75, 3.05) is 31.7 Å². The van der Waals surface area contributed by atoms with Gasteiger partial charge in [-0.25, -0.2) is 8.78 Å². The van der Waals surface area contributed by atoms with Gasteiger partial charge in [-0.1, -0.05) is 29.0 Å². The number of piperidine rings is 1. The lowest BCUT2D eigenvalue weighted by Crippen LogP contribution is -2.58. The lowest BCUT2D eigenvalue weighted by molar-refractivity contribution is -0.172. The van der Waals surface area contributed by atoms with E-state index in [1.54, 1.807) is 22.6 Å². The molecule has 0 aromatic rings. The van der Waals surface area contributed by atoms with Crippen molar-refractivity contribution in [3.8, 4) is 0 Å². The predicted octanol–water partition coefficient (Wildman–Crippen LogP) is 1.87. The number of nitrogens with zero attached hydrogens (tertiary/aromatic N) is 1. The average molecular weight is 419 g/mol. The summed E-state index contributed by atoms with van der Waals surface area (Å²) >= 11 is 1.56. The van der Waals surface area contributed by atoms with Crippen LogP contribution in [0.4, 0.5) is 8.78 Å². The van der Waals surface area contributed by atoms with Crippen molar-refractivity contribution >= 4 is 34.5 Å². The Labute approximate surface area is 136 Å². The van der Waals surface area contributed by atoms with E-state index >= 15 is 0 Å². The first kappa shape index (κ1) is 18.5. The molecule has 0 aliphatic carbocycles. The van der Waals surface area contributed by atoms with Gasteiger partial charge >= 0.3 is 11.9 Å². The third-order valence-corrected chi connectivity index (χ3v) is 4.64. The summed E-state index contributed by atoms with van der Waals surface area (Å²) in [4.78, 5) is 25.3. The zero-order valence-electron chi connectivity index (χ0n) is 12.1. The van der Waals surface area contributed by atoms with Gasteiger partial charge in [-0.3, -0.25) is 14.5 Å². The summed E-state index contributed by atoms with van der Waals surface area (Å²) in [5.41, 5.74) is 0. The Hall–Kier alpha value is -0.510. The quantitative estimate of drug-likeness (QED) is 0.285. The van der Waals surface area contributed by atoms with E-state index in [9.17, 15) is 18.4 Å². The number of rotatable bonds is 6. The maximum atomic E-state index is 14.4. The first-order valence-electron chi connectivity index (χ1n) is 6.72. The molecule has 1 heterocycles. The Morgan fingerprint density at radius 3 is 2.00 bits per heavy atom. The molecule has 0 spiro atoms. The molecule has 1 rings (SSSR count). The summed E-state index contributed by atoms with van der Waals surface area (Å²) in [5.74, 6) is -6.79. The normalized spacial score (nSPS) is 18.4. The zero-order chi connectivity index (χ0) is 16.0. The molecule has 0 aromatic heterocycles. The highest BCUT2D eigenvalue weighted by Crippen LogP contribution is 2.34. The van der Waals surface area contributed by atoms with E-state index in [1.807, 2.05) is 0 Å². The lowest BCUT2D eigenvalue weighted by atomic mass is 9.91. The van der Waals surface area contributed by atoms with E-state index in [-0.39, 0.29) is 0 Å². The number of carbonyl (C=O) groups excluding carboxylic acids is 2. The fourth-order valence-corrected chi connectivity index (χ4v) is 3.06. The second-order valence-electron chi connectivity index (χ2n) is 4.96. The van der Waals surface area contributed by atoms with Gasteiger partial charge in [0.15, 0.2) is 5.92 Å². The van der Waals surface area contributed by atoms with Gasteiger partial charge < -0.3 is 9.47 Å². The molecule has 0 saturated carbocycles. The Bertz CT molecular complexity index is 359. The number of likely N-dealkylation sites (tertiary alicyclic amines) is 1. The van der Waals surface area contributed by atoms with Crippen LogP contribution in [0.15, 0.2) is 0 Å². The average Bonchev–Trinajstić information content (AvgIpc) is 2.51. The molecule has 8 heteroatoms. The molecule has 1 unspecified atom stereocenters. The van der Waals surface area contributed by atoms with Crippen molar-refractivity contribution < 1.29 is 27.8 Å². The maximum Gasteiger partial charge on any atom is 0.321 e. The third kappa shape index (κ3) is 4.48. The van der Waals surface area contributed by atoms with Crippen molar-refractivity contribution in [2.24, 2.45) is 5.92 Å². The van der Waals surface area contributed by atoms with Gasteiger partial charge in [-0.05, 0) is 25.9 Å². The molecule has 1 fully saturated rings. The zero-order valence-corrected chi connectivity index (χ0v) is 14.3. The van der Waals surface area contributed by atoms with Crippen LogP contribution in [-0.4, -0.2) is 60.5 Å². The number of hydrogen-bond donors (Lipinski definition) is 0. The van der Waals surface area contributed by atoms with Crippen molar-refractivity contribution in [3.63, 3.8) is 0 Å². The molecule has 122 valence electrons. The van der Waals surface area contributed by atoms with Gasteiger partial charge in [-0.15, -0.1) is 0 Å². The molecule has 0 aromatic carbocycles. The maximum absolute atomic E-state index is 14.4. The molecule has 0 N–H and O–H groups in total. The number of methoxy groups -OCH3 is 2. The Balaban J connectivity index is 3.17. The van der Waals surface area contributed by atoms with Crippen molar-refractivity contribution in [3.05, 3.63) is 0 Å². The standard InChI is InChI=1S/C13H20F2INO4/c1-20-11(18)9(12(19)21-2)10(13(14,15)8-16)17-6-4-3-5-7-17/h9-10H,3-8H2,1-2H3. The molecule has 1 atom stereocenters. The number of ether oxygens (including phenoxy) is 2. The summed E-state index contributed by atoms with van der Waals surface area (Å²) in [6, 6.07) is -1.53. The smallest absolute Gasteiger partial charge is 0.321 e. The van der Waals surface area contributed by atoms with Gasteiger partial charge in [0.1, 0.15) is 0 Å². The van der Waals surface area contributed by atoms with Crippen molar-refractivity contribution in [1.82, 2.24) is 4.90 Å². The topological polar surface area (TPSA) is 55.8 Å². The fraction of sp³-hybridized carbons (Fsp3) is 0.846. The van der Waals surface area contributed by atoms with E-state index in [1.165, 1.54) is 4.90 Å². The minimum Gasteiger partial charge on any atom is -0.468 e. The summed E-state index contributed by atoms with van der Waals surface area (Å²) in [7, 11) is 2.15. The predicted molar refractivity (Wildman–Crippen MR) is 80.6 cm³/mol. The Morgan fingerprint density at radius 2 is 1.62 bits per heavy atom. The van der Waals surface area contributed by atoms with E-state index in [0.29, 0.717) is 13.1 Å². The summed E-state index contributed by atoms with van der Waals surface area (Å²) in [6.07, 6.45) is 2.49. The minimum atomic E-state index is -3.19. The lowest BCUT2D eigenvalue weighted by Gasteiger charge is -2.40. The van der Waals surface area contributed by atoms with Crippen LogP contribution in [0.1, 0.15) is 19.3 Å². The van der Waals surface area contributed by atoms with Crippen LogP contribution in [0.2, 0.25) is 0 Å². The number of alkyl halides is 3. The molecular weight excluding hydrogens is 399 g/mol. The number of hydrogen-bond acceptors (Lipinski definition) is 5. The molecule has 5 nitrogen and oxygen atoms in total. The fourth-order valence-electron chi connectivity index (χ4n) is 2.61. The molecule has 1 saturated heterocycles. The van der Waals surface area contributed by atoms with Gasteiger partial charge in [0.2, 0.25) is 0 Å². The van der Waals surface area contributed by atoms with Crippen LogP contribution in [0, 0.1) is 5.92 Å². The van der Waals surface area contributed by atoms with Crippen LogP contribution in [0.3, 0.4) is 0 Å². The van der Waals surface area contributed by atoms with Gasteiger partial charge in [0.05, 0.1) is 24.7 Å². The summed E-state index contributed by atoms with van der Waals surface area (Å²) in [6.45, 7) is 0.864. The number of esters is 2. The highest BCUT2D eigenvalue weighted by molar-refractivity contribution is 14.1. The van der Waals surface area contributed by atoms with Crippen LogP contribution in [0.5, 0.6) is 0 Å². The Kier molecular flexibility index (Phi) is 7.25. The van der Waals surface area contributed by atoms with E-state index in [2.05, 4.69) is 9.47 Å². The molecule has 0 amide bonds. The Morgan fingerprint density at radius 1 is 1.14 bits per heavy atom. The summed E-state index contributed by atoms with van der Waals surface area (Å²) < 4.78 is 37.4. The van der Waals surface area contributed by atoms with Crippen LogP contribution in [-0.2, 0) is 19.1 Å². The van der Waals surface area contributed by atoms with Crippen molar-refractivity contribution in [2.45, 2.75) is 31.2 Å². The molecule has 0 bridgehead atoms. The van der Waals surface area contributed by atoms with E-state index in [0.717, 1.165) is 33.5 Å². The highest BCUT2D eigenvalue weighted by atomic mass is 127. The first-order chi connectivity index (χ1) is 9.88. The number of halogens is 3. The third-order valence-electron chi connectivity index (χ3n) is 3.62. The van der Waals surface area contributed by atoms with Gasteiger partial charge in [0, 0.05) is 0 Å². The molecule has 0 radical (unpaired) electrons. The van der Waals surface area contributed by atoms with Crippen LogP contribution < -0.4 is 0 Å². The number of carbonyl (C=O) groups is 2. The molecular formula is C13H20F2INO4. The molecule has 1 aliphatic rings. The first-order valence-corrected chi connectivity index (χ1v) is 8.25. The van der Waals surface area contributed by atoms with Crippen LogP contribution in [0.25, 0.3) is 0 Å². The minimum absolute atomic E-state index is 0.432. The van der Waals surface area contributed by atoms with E-state index < -0.39 is 34.2 Å². The second-order valence-corrected chi connectivity index (χ2v) is 5.72. The van der Waals surface area contributed by atoms with Crippen molar-refractivity contribution in [1.29, 1.82) is 0 Å². The van der Waals surface area contributed by atoms with Gasteiger partial charge in [-0.2, -0.15) is 0 Å². The monoisotopic (exact) mass is 419 g/mol. The second kappa shape index (κ2) is 8.21. The van der Waals surface area contributed by atoms with Crippen LogP contribution >= 0.6 is 22.6 Å². The van der Waals surface area contributed by atoms with Gasteiger partial charge in [0.25, 0.3) is 5.92 Å². The SMILES string of the molecule is COC(=O)C(C(=O)OC)C(N1CCCCC1)C(F)(F)CI. The largest absolute Gasteiger partial charge is 0.468 e. The molecule has 1 aliphatic heterocycles. The van der Waals surface area contributed by atoms with E-state index in [4.69, 9.17) is 0 Å².